The van der Waals surface area contributed by atoms with Crippen LogP contribution in [0.4, 0.5) is 0 Å². The molecule has 6 heteroatoms. The van der Waals surface area contributed by atoms with Gasteiger partial charge in [0.15, 0.2) is 5.76 Å². The summed E-state index contributed by atoms with van der Waals surface area (Å²) >= 11 is 0. The molecule has 3 aromatic rings. The third-order valence-corrected chi connectivity index (χ3v) is 4.71. The molecular weight excluding hydrogens is 316 g/mol. The molecule has 1 unspecified atom stereocenters. The molecular formula is C19H20N4O2. The number of likely N-dealkylation sites (tertiary alicyclic amines) is 1. The number of amides is 1. The number of pyridine rings is 1. The Morgan fingerprint density at radius 1 is 1.32 bits per heavy atom. The molecule has 0 spiro atoms. The molecule has 0 bridgehead atoms. The molecule has 1 aliphatic heterocycles. The molecule has 25 heavy (non-hydrogen) atoms. The number of carbonyl (C=O) groups excluding carboxylic acids is 1. The predicted octanol–water partition coefficient (Wildman–Crippen LogP) is 3.36. The molecule has 0 N–H and O–H groups in total. The van der Waals surface area contributed by atoms with E-state index in [1.807, 2.05) is 55.5 Å². The summed E-state index contributed by atoms with van der Waals surface area (Å²) in [5.41, 5.74) is 3.19. The molecule has 0 aromatic carbocycles. The van der Waals surface area contributed by atoms with Crippen molar-refractivity contribution >= 4 is 5.91 Å². The fourth-order valence-corrected chi connectivity index (χ4v) is 3.47. The van der Waals surface area contributed by atoms with Crippen LogP contribution in [-0.4, -0.2) is 32.1 Å². The molecule has 1 amide bonds. The van der Waals surface area contributed by atoms with Gasteiger partial charge in [0.05, 0.1) is 29.8 Å². The topological polar surface area (TPSA) is 64.2 Å². The van der Waals surface area contributed by atoms with E-state index < -0.39 is 0 Å². The van der Waals surface area contributed by atoms with Crippen molar-refractivity contribution in [2.75, 3.05) is 6.54 Å². The molecule has 1 atom stereocenters. The largest absolute Gasteiger partial charge is 0.463 e. The minimum Gasteiger partial charge on any atom is -0.463 e. The number of aromatic nitrogens is 3. The monoisotopic (exact) mass is 336 g/mol. The Morgan fingerprint density at radius 3 is 2.88 bits per heavy atom. The number of hydrogen-bond acceptors (Lipinski definition) is 4. The third kappa shape index (κ3) is 2.84. The molecule has 6 nitrogen and oxygen atoms in total. The lowest BCUT2D eigenvalue weighted by Gasteiger charge is -2.24. The van der Waals surface area contributed by atoms with Crippen LogP contribution in [0.3, 0.4) is 0 Å². The van der Waals surface area contributed by atoms with Gasteiger partial charge >= 0.3 is 0 Å². The van der Waals surface area contributed by atoms with Crippen LogP contribution in [0.1, 0.15) is 40.5 Å². The van der Waals surface area contributed by atoms with Crippen molar-refractivity contribution in [1.29, 1.82) is 0 Å². The van der Waals surface area contributed by atoms with E-state index in [1.54, 1.807) is 10.9 Å². The van der Waals surface area contributed by atoms with Gasteiger partial charge in [-0.1, -0.05) is 0 Å². The van der Waals surface area contributed by atoms with Crippen LogP contribution in [0.15, 0.2) is 47.3 Å². The summed E-state index contributed by atoms with van der Waals surface area (Å²) in [6, 6.07) is 7.47. The molecule has 1 saturated heterocycles. The van der Waals surface area contributed by atoms with Crippen molar-refractivity contribution in [2.45, 2.75) is 25.8 Å². The normalized spacial score (nSPS) is 17.2. The number of furan rings is 1. The predicted molar refractivity (Wildman–Crippen MR) is 92.9 cm³/mol. The summed E-state index contributed by atoms with van der Waals surface area (Å²) in [4.78, 5) is 19.6. The molecule has 4 heterocycles. The number of rotatable bonds is 3. The van der Waals surface area contributed by atoms with Gasteiger partial charge in [-0.2, -0.15) is 5.10 Å². The number of aryl methyl sites for hydroxylation is 2. The number of hydrogen-bond donors (Lipinski definition) is 0. The van der Waals surface area contributed by atoms with Gasteiger partial charge in [0, 0.05) is 25.4 Å². The Balaban J connectivity index is 1.62. The van der Waals surface area contributed by atoms with Crippen molar-refractivity contribution in [2.24, 2.45) is 7.05 Å². The minimum atomic E-state index is 0.0300. The third-order valence-electron chi connectivity index (χ3n) is 4.71. The zero-order valence-electron chi connectivity index (χ0n) is 14.3. The van der Waals surface area contributed by atoms with Crippen LogP contribution in [0.5, 0.6) is 0 Å². The second-order valence-corrected chi connectivity index (χ2v) is 6.41. The van der Waals surface area contributed by atoms with Gasteiger partial charge in [-0.25, -0.2) is 4.98 Å². The fraction of sp³-hybridized carbons (Fsp3) is 0.316. The molecule has 0 saturated carbocycles. The minimum absolute atomic E-state index is 0.0300. The Labute approximate surface area is 146 Å². The summed E-state index contributed by atoms with van der Waals surface area (Å²) in [5, 5.41) is 4.24. The van der Waals surface area contributed by atoms with Gasteiger partial charge in [-0.05, 0) is 44.0 Å². The van der Waals surface area contributed by atoms with E-state index in [1.165, 1.54) is 0 Å². The first-order valence-electron chi connectivity index (χ1n) is 8.44. The summed E-state index contributed by atoms with van der Waals surface area (Å²) in [6.45, 7) is 2.63. The van der Waals surface area contributed by atoms with Gasteiger partial charge in [0.1, 0.15) is 5.69 Å². The Kier molecular flexibility index (Phi) is 3.87. The van der Waals surface area contributed by atoms with Crippen molar-refractivity contribution in [3.63, 3.8) is 0 Å². The first-order valence-corrected chi connectivity index (χ1v) is 8.44. The average molecular weight is 336 g/mol. The van der Waals surface area contributed by atoms with Crippen LogP contribution in [0.2, 0.25) is 0 Å². The SMILES string of the molecule is Cc1nc(-c2ccco2)ccc1C(=O)N1CCCC1c1cnn(C)c1. The summed E-state index contributed by atoms with van der Waals surface area (Å²) in [5.74, 6) is 0.735. The molecule has 128 valence electrons. The van der Waals surface area contributed by atoms with E-state index in [0.717, 1.165) is 36.3 Å². The molecule has 3 aromatic heterocycles. The first kappa shape index (κ1) is 15.6. The second-order valence-electron chi connectivity index (χ2n) is 6.41. The van der Waals surface area contributed by atoms with Gasteiger partial charge < -0.3 is 9.32 Å². The number of carbonyl (C=O) groups is 1. The van der Waals surface area contributed by atoms with Crippen LogP contribution < -0.4 is 0 Å². The smallest absolute Gasteiger partial charge is 0.256 e. The molecule has 0 radical (unpaired) electrons. The molecule has 1 fully saturated rings. The highest BCUT2D eigenvalue weighted by Crippen LogP contribution is 2.33. The van der Waals surface area contributed by atoms with Gasteiger partial charge in [0.2, 0.25) is 0 Å². The summed E-state index contributed by atoms with van der Waals surface area (Å²) < 4.78 is 7.16. The van der Waals surface area contributed by atoms with Crippen molar-refractivity contribution in [3.8, 4) is 11.5 Å². The van der Waals surface area contributed by atoms with E-state index in [0.29, 0.717) is 11.3 Å². The lowest BCUT2D eigenvalue weighted by molar-refractivity contribution is 0.0734. The highest BCUT2D eigenvalue weighted by atomic mass is 16.3. The van der Waals surface area contributed by atoms with Gasteiger partial charge in [-0.15, -0.1) is 0 Å². The van der Waals surface area contributed by atoms with Crippen molar-refractivity contribution in [1.82, 2.24) is 19.7 Å². The second kappa shape index (κ2) is 6.20. The highest BCUT2D eigenvalue weighted by molar-refractivity contribution is 5.96. The van der Waals surface area contributed by atoms with Crippen LogP contribution >= 0.6 is 0 Å². The molecule has 4 rings (SSSR count). The molecule has 0 aliphatic carbocycles. The fourth-order valence-electron chi connectivity index (χ4n) is 3.47. The van der Waals surface area contributed by atoms with Gasteiger partial charge in [0.25, 0.3) is 5.91 Å². The average Bonchev–Trinajstić information content (AvgIpc) is 3.35. The maximum atomic E-state index is 13.1. The maximum absolute atomic E-state index is 13.1. The first-order chi connectivity index (χ1) is 12.1. The summed E-state index contributed by atoms with van der Waals surface area (Å²) in [6.07, 6.45) is 7.42. The van der Waals surface area contributed by atoms with Crippen LogP contribution in [-0.2, 0) is 7.05 Å². The van der Waals surface area contributed by atoms with Crippen molar-refractivity contribution in [3.05, 3.63) is 59.7 Å². The Hall–Kier alpha value is -2.89. The lowest BCUT2D eigenvalue weighted by Crippen LogP contribution is -2.31. The zero-order valence-corrected chi connectivity index (χ0v) is 14.3. The van der Waals surface area contributed by atoms with E-state index in [2.05, 4.69) is 10.1 Å². The Bertz CT molecular complexity index is 898. The van der Waals surface area contributed by atoms with Crippen LogP contribution in [0.25, 0.3) is 11.5 Å². The molecule has 1 aliphatic rings. The van der Waals surface area contributed by atoms with E-state index in [-0.39, 0.29) is 11.9 Å². The van der Waals surface area contributed by atoms with Crippen LogP contribution in [0, 0.1) is 6.92 Å². The van der Waals surface area contributed by atoms with Crippen molar-refractivity contribution < 1.29 is 9.21 Å². The van der Waals surface area contributed by atoms with Gasteiger partial charge in [-0.3, -0.25) is 9.48 Å². The standard InChI is InChI=1S/C19H20N4O2/c1-13-15(7-8-16(21-13)18-6-4-10-25-18)19(24)23-9-3-5-17(23)14-11-20-22(2)12-14/h4,6-8,10-12,17H,3,5,9H2,1-2H3. The maximum Gasteiger partial charge on any atom is 0.256 e. The number of nitrogens with zero attached hydrogens (tertiary/aromatic N) is 4. The van der Waals surface area contributed by atoms with E-state index in [9.17, 15) is 4.79 Å². The quantitative estimate of drug-likeness (QED) is 0.736. The lowest BCUT2D eigenvalue weighted by atomic mass is 10.1. The zero-order chi connectivity index (χ0) is 17.4. The van der Waals surface area contributed by atoms with E-state index >= 15 is 0 Å². The van der Waals surface area contributed by atoms with E-state index in [4.69, 9.17) is 4.42 Å². The highest BCUT2D eigenvalue weighted by Gasteiger charge is 2.32. The summed E-state index contributed by atoms with van der Waals surface area (Å²) in [7, 11) is 1.89. The Morgan fingerprint density at radius 2 is 2.20 bits per heavy atom.